The van der Waals surface area contributed by atoms with E-state index in [-0.39, 0.29) is 4.90 Å². The van der Waals surface area contributed by atoms with Gasteiger partial charge >= 0.3 is 0 Å². The van der Waals surface area contributed by atoms with Crippen molar-refractivity contribution in [3.05, 3.63) is 53.1 Å². The van der Waals surface area contributed by atoms with Gasteiger partial charge in [0.05, 0.1) is 16.5 Å². The van der Waals surface area contributed by atoms with Gasteiger partial charge in [0, 0.05) is 30.5 Å². The van der Waals surface area contributed by atoms with E-state index in [0.29, 0.717) is 42.7 Å². The highest BCUT2D eigenvalue weighted by Crippen LogP contribution is 2.34. The standard InChI is InChI=1S/C20H20BrN5O3S/c1-29-18-10-13(6-7-17(18)21)16-12-23-20-25-14-4-2-5-15(11-14)30(27,28)24-9-3-8-22-19(16)26-20/h2,4-7,10-12,24H,3,8-9H2,1H3,(H2,22,23,25,26). The molecule has 2 heterocycles. The van der Waals surface area contributed by atoms with E-state index in [1.807, 2.05) is 18.2 Å². The van der Waals surface area contributed by atoms with E-state index in [1.165, 1.54) is 0 Å². The van der Waals surface area contributed by atoms with Crippen molar-refractivity contribution in [2.75, 3.05) is 30.8 Å². The molecule has 1 aliphatic heterocycles. The van der Waals surface area contributed by atoms with Crippen LogP contribution in [0.25, 0.3) is 11.1 Å². The van der Waals surface area contributed by atoms with Crippen LogP contribution >= 0.6 is 15.9 Å². The van der Waals surface area contributed by atoms with E-state index in [0.717, 1.165) is 15.6 Å². The van der Waals surface area contributed by atoms with Crippen LogP contribution in [0.1, 0.15) is 6.42 Å². The number of nitrogens with zero attached hydrogens (tertiary/aromatic N) is 2. The van der Waals surface area contributed by atoms with Crippen LogP contribution in [0.3, 0.4) is 0 Å². The Hall–Kier alpha value is -2.69. The van der Waals surface area contributed by atoms with Crippen molar-refractivity contribution in [2.24, 2.45) is 0 Å². The second kappa shape index (κ2) is 8.58. The SMILES string of the molecule is COc1cc(-c2cnc3nc2NCCCNS(=O)(=O)c2cccc(c2)N3)ccc1Br. The van der Waals surface area contributed by atoms with E-state index in [9.17, 15) is 8.42 Å². The lowest BCUT2D eigenvalue weighted by Crippen LogP contribution is -2.26. The van der Waals surface area contributed by atoms with Crippen LogP contribution in [0.15, 0.2) is 58.0 Å². The number of ether oxygens (including phenoxy) is 1. The summed E-state index contributed by atoms with van der Waals surface area (Å²) in [4.78, 5) is 9.24. The predicted molar refractivity (Wildman–Crippen MR) is 120 cm³/mol. The number of methoxy groups -OCH3 is 1. The van der Waals surface area contributed by atoms with Gasteiger partial charge in [-0.15, -0.1) is 0 Å². The van der Waals surface area contributed by atoms with Gasteiger partial charge in [0.25, 0.3) is 0 Å². The molecule has 0 saturated carbocycles. The Morgan fingerprint density at radius 2 is 2.00 bits per heavy atom. The van der Waals surface area contributed by atoms with Crippen LogP contribution in [0.2, 0.25) is 0 Å². The van der Waals surface area contributed by atoms with Gasteiger partial charge in [-0.2, -0.15) is 4.98 Å². The second-order valence-electron chi connectivity index (χ2n) is 6.64. The van der Waals surface area contributed by atoms with Gasteiger partial charge in [0.1, 0.15) is 11.6 Å². The van der Waals surface area contributed by atoms with Crippen molar-refractivity contribution in [1.29, 1.82) is 0 Å². The Morgan fingerprint density at radius 3 is 2.83 bits per heavy atom. The molecule has 0 fully saturated rings. The van der Waals surface area contributed by atoms with Crippen LogP contribution in [0.4, 0.5) is 17.5 Å². The number of hydrogen-bond donors (Lipinski definition) is 3. The van der Waals surface area contributed by atoms with Crippen LogP contribution in [0.5, 0.6) is 5.75 Å². The highest BCUT2D eigenvalue weighted by molar-refractivity contribution is 9.10. The number of fused-ring (bicyclic) bond motifs is 4. The molecule has 1 aliphatic rings. The van der Waals surface area contributed by atoms with Crippen molar-refractivity contribution >= 4 is 43.4 Å². The molecule has 1 aromatic heterocycles. The highest BCUT2D eigenvalue weighted by Gasteiger charge is 2.16. The van der Waals surface area contributed by atoms with E-state index in [1.54, 1.807) is 37.6 Å². The number of anilines is 3. The summed E-state index contributed by atoms with van der Waals surface area (Å²) in [5.74, 6) is 1.72. The predicted octanol–water partition coefficient (Wildman–Crippen LogP) is 3.75. The minimum atomic E-state index is -3.58. The molecule has 3 N–H and O–H groups in total. The zero-order valence-electron chi connectivity index (χ0n) is 16.1. The fourth-order valence-corrected chi connectivity index (χ4v) is 4.60. The Labute approximate surface area is 183 Å². The first-order valence-electron chi connectivity index (χ1n) is 9.28. The highest BCUT2D eigenvalue weighted by atomic mass is 79.9. The maximum absolute atomic E-state index is 12.5. The molecule has 0 amide bonds. The molecular weight excluding hydrogens is 470 g/mol. The number of nitrogens with one attached hydrogen (secondary N) is 3. The first-order valence-corrected chi connectivity index (χ1v) is 11.6. The quantitative estimate of drug-likeness (QED) is 0.503. The molecule has 4 bridgehead atoms. The molecule has 0 aliphatic carbocycles. The van der Waals surface area contributed by atoms with Crippen molar-refractivity contribution in [1.82, 2.24) is 14.7 Å². The second-order valence-corrected chi connectivity index (χ2v) is 9.26. The van der Waals surface area contributed by atoms with Crippen molar-refractivity contribution in [3.63, 3.8) is 0 Å². The van der Waals surface area contributed by atoms with Gasteiger partial charge in [-0.05, 0) is 58.2 Å². The number of benzene rings is 2. The van der Waals surface area contributed by atoms with Crippen molar-refractivity contribution < 1.29 is 13.2 Å². The molecule has 0 atom stereocenters. The molecule has 3 aromatic rings. The number of aromatic nitrogens is 2. The first kappa shape index (κ1) is 20.6. The Balaban J connectivity index is 1.75. The van der Waals surface area contributed by atoms with Crippen LogP contribution in [-0.4, -0.2) is 38.6 Å². The van der Waals surface area contributed by atoms with Crippen LogP contribution in [-0.2, 0) is 10.0 Å². The summed E-state index contributed by atoms with van der Waals surface area (Å²) in [6, 6.07) is 12.3. The molecule has 4 rings (SSSR count). The summed E-state index contributed by atoms with van der Waals surface area (Å²) >= 11 is 3.47. The zero-order valence-corrected chi connectivity index (χ0v) is 18.5. The molecular formula is C20H20BrN5O3S. The van der Waals surface area contributed by atoms with E-state index < -0.39 is 10.0 Å². The van der Waals surface area contributed by atoms with Gasteiger partial charge in [0.15, 0.2) is 0 Å². The fraction of sp³-hybridized carbons (Fsp3) is 0.200. The third-order valence-electron chi connectivity index (χ3n) is 4.59. The minimum absolute atomic E-state index is 0.193. The summed E-state index contributed by atoms with van der Waals surface area (Å²) in [6.45, 7) is 0.851. The Kier molecular flexibility index (Phi) is 5.89. The van der Waals surface area contributed by atoms with Crippen LogP contribution < -0.4 is 20.1 Å². The summed E-state index contributed by atoms with van der Waals surface area (Å²) in [5, 5.41) is 6.38. The summed E-state index contributed by atoms with van der Waals surface area (Å²) in [6.07, 6.45) is 2.33. The summed E-state index contributed by atoms with van der Waals surface area (Å²) < 4.78 is 33.8. The lowest BCUT2D eigenvalue weighted by molar-refractivity contribution is 0.412. The van der Waals surface area contributed by atoms with Gasteiger partial charge in [-0.3, -0.25) is 0 Å². The van der Waals surface area contributed by atoms with Crippen LogP contribution in [0, 0.1) is 0 Å². The topological polar surface area (TPSA) is 105 Å². The summed E-state index contributed by atoms with van der Waals surface area (Å²) in [7, 11) is -1.96. The third-order valence-corrected chi connectivity index (χ3v) is 6.70. The summed E-state index contributed by atoms with van der Waals surface area (Å²) in [5.41, 5.74) is 2.30. The number of hydrogen-bond acceptors (Lipinski definition) is 7. The average Bonchev–Trinajstić information content (AvgIpc) is 2.74. The normalized spacial score (nSPS) is 15.5. The molecule has 0 unspecified atom stereocenters. The average molecular weight is 490 g/mol. The Bertz CT molecular complexity index is 1190. The molecule has 2 aromatic carbocycles. The van der Waals surface area contributed by atoms with Gasteiger partial charge in [0.2, 0.25) is 16.0 Å². The monoisotopic (exact) mass is 489 g/mol. The molecule has 156 valence electrons. The molecule has 8 nitrogen and oxygen atoms in total. The number of sulfonamides is 1. The molecule has 0 saturated heterocycles. The first-order chi connectivity index (χ1) is 14.5. The molecule has 30 heavy (non-hydrogen) atoms. The molecule has 0 spiro atoms. The smallest absolute Gasteiger partial charge is 0.240 e. The molecule has 0 radical (unpaired) electrons. The third kappa shape index (κ3) is 4.40. The maximum atomic E-state index is 12.5. The van der Waals surface area contributed by atoms with Gasteiger partial charge < -0.3 is 15.4 Å². The zero-order chi connectivity index (χ0) is 21.1. The maximum Gasteiger partial charge on any atom is 0.240 e. The number of rotatable bonds is 2. The minimum Gasteiger partial charge on any atom is -0.496 e. The van der Waals surface area contributed by atoms with Gasteiger partial charge in [-0.25, -0.2) is 18.1 Å². The van der Waals surface area contributed by atoms with E-state index >= 15 is 0 Å². The van der Waals surface area contributed by atoms with Crippen molar-refractivity contribution in [3.8, 4) is 16.9 Å². The largest absolute Gasteiger partial charge is 0.496 e. The fourth-order valence-electron chi connectivity index (χ4n) is 3.07. The lowest BCUT2D eigenvalue weighted by Gasteiger charge is -2.14. The number of halogens is 1. The van der Waals surface area contributed by atoms with E-state index in [2.05, 4.69) is 41.3 Å². The van der Waals surface area contributed by atoms with E-state index in [4.69, 9.17) is 4.74 Å². The lowest BCUT2D eigenvalue weighted by atomic mass is 10.1. The molecule has 10 heteroatoms. The Morgan fingerprint density at radius 1 is 1.13 bits per heavy atom. The van der Waals surface area contributed by atoms with Crippen molar-refractivity contribution in [2.45, 2.75) is 11.3 Å². The van der Waals surface area contributed by atoms with Gasteiger partial charge in [-0.1, -0.05) is 12.1 Å².